The summed E-state index contributed by atoms with van der Waals surface area (Å²) in [5.74, 6) is 0.243. The summed E-state index contributed by atoms with van der Waals surface area (Å²) in [6.45, 7) is 0. The summed E-state index contributed by atoms with van der Waals surface area (Å²) in [6, 6.07) is 14.2. The molecule has 2 aromatic carbocycles. The molecule has 1 amide bonds. The van der Waals surface area contributed by atoms with Crippen molar-refractivity contribution in [2.45, 2.75) is 10.1 Å². The van der Waals surface area contributed by atoms with E-state index in [2.05, 4.69) is 20.2 Å². The van der Waals surface area contributed by atoms with Crippen molar-refractivity contribution < 1.29 is 13.2 Å². The molecule has 0 saturated heterocycles. The number of nitrogens with zero attached hydrogens (tertiary/aromatic N) is 2. The highest BCUT2D eigenvalue weighted by Gasteiger charge is 2.15. The number of benzene rings is 2. The number of aromatic nitrogens is 2. The van der Waals surface area contributed by atoms with Gasteiger partial charge in [0.25, 0.3) is 5.91 Å². The van der Waals surface area contributed by atoms with E-state index in [-0.39, 0.29) is 16.3 Å². The number of rotatable bonds is 7. The maximum atomic E-state index is 12.5. The Morgan fingerprint density at radius 1 is 1.18 bits per heavy atom. The number of halogens is 1. The van der Waals surface area contributed by atoms with Crippen LogP contribution in [0.5, 0.6) is 0 Å². The minimum Gasteiger partial charge on any atom is -0.296 e. The standard InChI is InChI=1S/C17H15ClN4O3S3/c1-28(24,25)22-12-7-8-14(18)13(9-12)15(23)19-16-20-21-17(27-16)26-10-11-5-3-2-4-6-11/h2-9,22H,10H2,1H3,(H,19,20,23). The second-order valence-electron chi connectivity index (χ2n) is 5.67. The van der Waals surface area contributed by atoms with Crippen molar-refractivity contribution in [1.29, 1.82) is 0 Å². The SMILES string of the molecule is CS(=O)(=O)Nc1ccc(Cl)c(C(=O)Nc2nnc(SCc3ccccc3)s2)c1. The molecule has 1 heterocycles. The van der Waals surface area contributed by atoms with Crippen molar-refractivity contribution >= 4 is 61.4 Å². The normalized spacial score (nSPS) is 11.2. The fourth-order valence-corrected chi connectivity index (χ4v) is 4.64. The zero-order valence-corrected chi connectivity index (χ0v) is 17.8. The van der Waals surface area contributed by atoms with Gasteiger partial charge in [-0.1, -0.05) is 65.0 Å². The minimum atomic E-state index is -3.47. The topological polar surface area (TPSA) is 101 Å². The summed E-state index contributed by atoms with van der Waals surface area (Å²) in [5.41, 5.74) is 1.53. The molecule has 11 heteroatoms. The van der Waals surface area contributed by atoms with Gasteiger partial charge in [-0.3, -0.25) is 14.8 Å². The van der Waals surface area contributed by atoms with Crippen molar-refractivity contribution in [3.8, 4) is 0 Å². The molecule has 3 aromatic rings. The van der Waals surface area contributed by atoms with E-state index in [1.54, 1.807) is 0 Å². The van der Waals surface area contributed by atoms with Gasteiger partial charge >= 0.3 is 0 Å². The molecule has 3 rings (SSSR count). The molecular weight excluding hydrogens is 440 g/mol. The number of amides is 1. The fraction of sp³-hybridized carbons (Fsp3) is 0.118. The van der Waals surface area contributed by atoms with Crippen LogP contribution in [0.2, 0.25) is 5.02 Å². The van der Waals surface area contributed by atoms with Crippen LogP contribution in [-0.2, 0) is 15.8 Å². The molecule has 0 spiro atoms. The number of hydrogen-bond donors (Lipinski definition) is 2. The third-order valence-corrected chi connectivity index (χ3v) is 6.33. The summed E-state index contributed by atoms with van der Waals surface area (Å²) in [4.78, 5) is 12.5. The van der Waals surface area contributed by atoms with Gasteiger partial charge in [0.1, 0.15) is 0 Å². The predicted octanol–water partition coefficient (Wildman–Crippen LogP) is 4.11. The van der Waals surface area contributed by atoms with Crippen molar-refractivity contribution in [2.75, 3.05) is 16.3 Å². The number of nitrogens with one attached hydrogen (secondary N) is 2. The van der Waals surface area contributed by atoms with Crippen LogP contribution < -0.4 is 10.0 Å². The van der Waals surface area contributed by atoms with Crippen LogP contribution in [0.4, 0.5) is 10.8 Å². The number of anilines is 2. The third kappa shape index (κ3) is 5.93. The molecule has 146 valence electrons. The number of sulfonamides is 1. The van der Waals surface area contributed by atoms with E-state index in [1.807, 2.05) is 30.3 Å². The van der Waals surface area contributed by atoms with Crippen LogP contribution >= 0.6 is 34.7 Å². The van der Waals surface area contributed by atoms with Crippen LogP contribution in [0.15, 0.2) is 52.9 Å². The van der Waals surface area contributed by atoms with Gasteiger partial charge < -0.3 is 0 Å². The van der Waals surface area contributed by atoms with Crippen molar-refractivity contribution in [2.24, 2.45) is 0 Å². The molecule has 1 aromatic heterocycles. The van der Waals surface area contributed by atoms with Crippen molar-refractivity contribution in [3.05, 3.63) is 64.7 Å². The Morgan fingerprint density at radius 2 is 1.93 bits per heavy atom. The van der Waals surface area contributed by atoms with Gasteiger partial charge in [0.2, 0.25) is 15.2 Å². The molecule has 0 fully saturated rings. The monoisotopic (exact) mass is 454 g/mol. The first-order valence-electron chi connectivity index (χ1n) is 7.89. The lowest BCUT2D eigenvalue weighted by Gasteiger charge is -2.08. The second-order valence-corrected chi connectivity index (χ2v) is 10.0. The summed E-state index contributed by atoms with van der Waals surface area (Å²) < 4.78 is 25.8. The van der Waals surface area contributed by atoms with Gasteiger partial charge in [-0.15, -0.1) is 10.2 Å². The number of carbonyl (C=O) groups excluding carboxylic acids is 1. The molecule has 7 nitrogen and oxygen atoms in total. The number of carbonyl (C=O) groups is 1. The quantitative estimate of drug-likeness (QED) is 0.411. The summed E-state index contributed by atoms with van der Waals surface area (Å²) in [5, 5.41) is 11.2. The smallest absolute Gasteiger partial charge is 0.259 e. The van der Waals surface area contributed by atoms with E-state index >= 15 is 0 Å². The zero-order valence-electron chi connectivity index (χ0n) is 14.5. The average Bonchev–Trinajstić information content (AvgIpc) is 3.08. The van der Waals surface area contributed by atoms with Gasteiger partial charge in [-0.25, -0.2) is 8.42 Å². The molecular formula is C17H15ClN4O3S3. The Morgan fingerprint density at radius 3 is 2.64 bits per heavy atom. The Balaban J connectivity index is 1.66. The molecule has 0 unspecified atom stereocenters. The molecule has 0 aliphatic rings. The van der Waals surface area contributed by atoms with Crippen LogP contribution in [0, 0.1) is 0 Å². The van der Waals surface area contributed by atoms with Gasteiger partial charge in [0, 0.05) is 11.4 Å². The zero-order chi connectivity index (χ0) is 20.1. The Bertz CT molecular complexity index is 1090. The molecule has 0 saturated carbocycles. The summed E-state index contributed by atoms with van der Waals surface area (Å²) in [7, 11) is -3.47. The lowest BCUT2D eigenvalue weighted by atomic mass is 10.2. The molecule has 0 aliphatic carbocycles. The molecule has 0 bridgehead atoms. The van der Waals surface area contributed by atoms with Crippen LogP contribution in [0.25, 0.3) is 0 Å². The first-order chi connectivity index (χ1) is 13.3. The van der Waals surface area contributed by atoms with Gasteiger partial charge in [-0.05, 0) is 23.8 Å². The van der Waals surface area contributed by atoms with E-state index in [1.165, 1.54) is 41.3 Å². The average molecular weight is 455 g/mol. The van der Waals surface area contributed by atoms with Crippen LogP contribution in [0.1, 0.15) is 15.9 Å². The Kier molecular flexibility index (Phi) is 6.55. The first kappa shape index (κ1) is 20.6. The highest BCUT2D eigenvalue weighted by atomic mass is 35.5. The second kappa shape index (κ2) is 8.91. The van der Waals surface area contributed by atoms with Crippen LogP contribution in [0.3, 0.4) is 0 Å². The fourth-order valence-electron chi connectivity index (χ4n) is 2.18. The van der Waals surface area contributed by atoms with E-state index in [0.717, 1.165) is 21.9 Å². The van der Waals surface area contributed by atoms with Crippen molar-refractivity contribution in [3.63, 3.8) is 0 Å². The molecule has 2 N–H and O–H groups in total. The summed E-state index contributed by atoms with van der Waals surface area (Å²) >= 11 is 8.85. The lowest BCUT2D eigenvalue weighted by molar-refractivity contribution is 0.102. The van der Waals surface area contributed by atoms with E-state index < -0.39 is 15.9 Å². The maximum Gasteiger partial charge on any atom is 0.259 e. The summed E-state index contributed by atoms with van der Waals surface area (Å²) in [6.07, 6.45) is 1.03. The molecule has 0 aliphatic heterocycles. The van der Waals surface area contributed by atoms with Gasteiger partial charge in [0.15, 0.2) is 4.34 Å². The van der Waals surface area contributed by atoms with E-state index in [4.69, 9.17) is 11.6 Å². The molecule has 0 radical (unpaired) electrons. The Labute approximate surface area is 175 Å². The van der Waals surface area contributed by atoms with Gasteiger partial charge in [-0.2, -0.15) is 0 Å². The predicted molar refractivity (Wildman–Crippen MR) is 114 cm³/mol. The molecule has 0 atom stereocenters. The lowest BCUT2D eigenvalue weighted by Crippen LogP contribution is -2.14. The van der Waals surface area contributed by atoms with Crippen LogP contribution in [-0.4, -0.2) is 30.8 Å². The van der Waals surface area contributed by atoms with E-state index in [0.29, 0.717) is 5.13 Å². The van der Waals surface area contributed by atoms with Crippen molar-refractivity contribution in [1.82, 2.24) is 10.2 Å². The largest absolute Gasteiger partial charge is 0.296 e. The number of thioether (sulfide) groups is 1. The highest BCUT2D eigenvalue weighted by Crippen LogP contribution is 2.29. The van der Waals surface area contributed by atoms with E-state index in [9.17, 15) is 13.2 Å². The van der Waals surface area contributed by atoms with Gasteiger partial charge in [0.05, 0.1) is 16.8 Å². The third-order valence-electron chi connectivity index (χ3n) is 3.35. The number of hydrogen-bond acceptors (Lipinski definition) is 7. The first-order valence-corrected chi connectivity index (χ1v) is 12.0. The molecule has 28 heavy (non-hydrogen) atoms. The highest BCUT2D eigenvalue weighted by molar-refractivity contribution is 8.00. The minimum absolute atomic E-state index is 0.129. The maximum absolute atomic E-state index is 12.5. The Hall–Kier alpha value is -2.14.